The van der Waals surface area contributed by atoms with Crippen molar-refractivity contribution in [2.24, 2.45) is 7.05 Å². The minimum absolute atomic E-state index is 0.0486. The number of hydrogen-bond donors (Lipinski definition) is 2. The van der Waals surface area contributed by atoms with Crippen molar-refractivity contribution in [2.45, 2.75) is 12.0 Å². The molecular formula is C18H25N5O2. The number of methoxy groups -OCH3 is 1. The first-order chi connectivity index (χ1) is 12.2. The number of anilines is 1. The summed E-state index contributed by atoms with van der Waals surface area (Å²) in [4.78, 5) is 14.7. The van der Waals surface area contributed by atoms with Crippen molar-refractivity contribution in [3.05, 3.63) is 48.2 Å². The maximum atomic E-state index is 12.4. The van der Waals surface area contributed by atoms with Gasteiger partial charge in [-0.3, -0.25) is 14.9 Å². The molecule has 1 aliphatic rings. The van der Waals surface area contributed by atoms with E-state index in [2.05, 4.69) is 32.8 Å². The molecule has 2 atom stereocenters. The van der Waals surface area contributed by atoms with Crippen LogP contribution in [0.15, 0.2) is 42.6 Å². The van der Waals surface area contributed by atoms with Gasteiger partial charge in [0, 0.05) is 45.8 Å². The number of nitrogens with zero attached hydrogens (tertiary/aromatic N) is 3. The van der Waals surface area contributed by atoms with E-state index in [1.54, 1.807) is 31.1 Å². The van der Waals surface area contributed by atoms with Crippen LogP contribution in [-0.4, -0.2) is 60.1 Å². The standard InChI is InChI=1S/C18H25N5O2/c1-22-17(8-9-19-22)21-18(24)20-16-13-23(10-11-25-2)12-15(16)14-6-4-3-5-7-14/h3-9,15-16H,10-13H2,1-2H3,(H2,20,21,24)/t15?,16-/m1/s1. The SMILES string of the molecule is COCCN1CC(c2ccccc2)[C@H](NC(=O)Nc2ccnn2C)C1. The number of benzene rings is 1. The van der Waals surface area contributed by atoms with E-state index >= 15 is 0 Å². The quantitative estimate of drug-likeness (QED) is 0.837. The summed E-state index contributed by atoms with van der Waals surface area (Å²) in [6.07, 6.45) is 1.66. The average Bonchev–Trinajstić information content (AvgIpc) is 3.20. The first-order valence-electron chi connectivity index (χ1n) is 8.49. The van der Waals surface area contributed by atoms with Gasteiger partial charge in [0.1, 0.15) is 5.82 Å². The summed E-state index contributed by atoms with van der Waals surface area (Å²) in [7, 11) is 3.51. The summed E-state index contributed by atoms with van der Waals surface area (Å²) in [6.45, 7) is 3.27. The molecule has 7 nitrogen and oxygen atoms in total. The van der Waals surface area contributed by atoms with Crippen LogP contribution in [0.5, 0.6) is 0 Å². The van der Waals surface area contributed by atoms with Crippen molar-refractivity contribution in [1.29, 1.82) is 0 Å². The number of amides is 2. The summed E-state index contributed by atoms with van der Waals surface area (Å²) in [6, 6.07) is 12.0. The summed E-state index contributed by atoms with van der Waals surface area (Å²) < 4.78 is 6.83. The van der Waals surface area contributed by atoms with Gasteiger partial charge in [-0.15, -0.1) is 0 Å². The van der Waals surface area contributed by atoms with Crippen molar-refractivity contribution in [1.82, 2.24) is 20.0 Å². The molecule has 0 aliphatic carbocycles. The van der Waals surface area contributed by atoms with Crippen LogP contribution in [0.25, 0.3) is 0 Å². The second-order valence-corrected chi connectivity index (χ2v) is 6.31. The van der Waals surface area contributed by atoms with E-state index in [4.69, 9.17) is 4.74 Å². The van der Waals surface area contributed by atoms with Crippen molar-refractivity contribution in [3.8, 4) is 0 Å². The Kier molecular flexibility index (Phi) is 5.67. The number of urea groups is 1. The number of nitrogens with one attached hydrogen (secondary N) is 2. The maximum absolute atomic E-state index is 12.4. The highest BCUT2D eigenvalue weighted by atomic mass is 16.5. The molecule has 25 heavy (non-hydrogen) atoms. The number of aryl methyl sites for hydroxylation is 1. The lowest BCUT2D eigenvalue weighted by Gasteiger charge is -2.20. The zero-order chi connectivity index (χ0) is 17.6. The molecular weight excluding hydrogens is 318 g/mol. The van der Waals surface area contributed by atoms with Crippen molar-refractivity contribution in [2.75, 3.05) is 38.7 Å². The van der Waals surface area contributed by atoms with Crippen LogP contribution in [0.4, 0.5) is 10.6 Å². The molecule has 0 spiro atoms. The normalized spacial score (nSPS) is 20.6. The van der Waals surface area contributed by atoms with Crippen molar-refractivity contribution >= 4 is 11.8 Å². The predicted octanol–water partition coefficient (Wildman–Crippen LogP) is 1.66. The van der Waals surface area contributed by atoms with E-state index in [9.17, 15) is 4.79 Å². The Morgan fingerprint density at radius 2 is 2.08 bits per heavy atom. The summed E-state index contributed by atoms with van der Waals surface area (Å²) in [5.41, 5.74) is 1.24. The van der Waals surface area contributed by atoms with Gasteiger partial charge in [0.15, 0.2) is 0 Å². The zero-order valence-corrected chi connectivity index (χ0v) is 14.7. The van der Waals surface area contributed by atoms with E-state index in [1.165, 1.54) is 5.56 Å². The molecule has 2 amide bonds. The molecule has 1 aromatic carbocycles. The highest BCUT2D eigenvalue weighted by Gasteiger charge is 2.34. The van der Waals surface area contributed by atoms with Crippen LogP contribution in [0.3, 0.4) is 0 Å². The monoisotopic (exact) mass is 343 g/mol. The van der Waals surface area contributed by atoms with Gasteiger partial charge >= 0.3 is 6.03 Å². The molecule has 2 N–H and O–H groups in total. The van der Waals surface area contributed by atoms with Crippen LogP contribution >= 0.6 is 0 Å². The second kappa shape index (κ2) is 8.13. The Hall–Kier alpha value is -2.38. The first-order valence-corrected chi connectivity index (χ1v) is 8.49. The number of likely N-dealkylation sites (tertiary alicyclic amines) is 1. The molecule has 1 fully saturated rings. The van der Waals surface area contributed by atoms with Gasteiger partial charge in [0.2, 0.25) is 0 Å². The van der Waals surface area contributed by atoms with Crippen LogP contribution in [0, 0.1) is 0 Å². The predicted molar refractivity (Wildman–Crippen MR) is 96.6 cm³/mol. The fourth-order valence-electron chi connectivity index (χ4n) is 3.29. The fourth-order valence-corrected chi connectivity index (χ4v) is 3.29. The summed E-state index contributed by atoms with van der Waals surface area (Å²) >= 11 is 0. The molecule has 1 unspecified atom stereocenters. The van der Waals surface area contributed by atoms with Gasteiger partial charge in [-0.05, 0) is 5.56 Å². The third kappa shape index (κ3) is 4.37. The first kappa shape index (κ1) is 17.4. The summed E-state index contributed by atoms with van der Waals surface area (Å²) in [5.74, 6) is 0.929. The molecule has 1 aliphatic heterocycles. The zero-order valence-electron chi connectivity index (χ0n) is 14.7. The lowest BCUT2D eigenvalue weighted by Crippen LogP contribution is -2.42. The van der Waals surface area contributed by atoms with E-state index in [0.717, 1.165) is 19.6 Å². The van der Waals surface area contributed by atoms with Gasteiger partial charge in [-0.25, -0.2) is 4.79 Å². The van der Waals surface area contributed by atoms with E-state index in [1.807, 2.05) is 18.2 Å². The summed E-state index contributed by atoms with van der Waals surface area (Å²) in [5, 5.41) is 10.0. The van der Waals surface area contributed by atoms with Crippen LogP contribution < -0.4 is 10.6 Å². The van der Waals surface area contributed by atoms with Crippen molar-refractivity contribution < 1.29 is 9.53 Å². The number of rotatable bonds is 6. The molecule has 0 saturated carbocycles. The second-order valence-electron chi connectivity index (χ2n) is 6.31. The third-order valence-electron chi connectivity index (χ3n) is 4.61. The minimum atomic E-state index is -0.205. The van der Waals surface area contributed by atoms with E-state index in [-0.39, 0.29) is 18.0 Å². The highest BCUT2D eigenvalue weighted by molar-refractivity contribution is 5.88. The van der Waals surface area contributed by atoms with Gasteiger partial charge in [0.05, 0.1) is 18.8 Å². The fraction of sp³-hybridized carbons (Fsp3) is 0.444. The van der Waals surface area contributed by atoms with Crippen molar-refractivity contribution in [3.63, 3.8) is 0 Å². The smallest absolute Gasteiger partial charge is 0.320 e. The number of aromatic nitrogens is 2. The molecule has 3 rings (SSSR count). The Morgan fingerprint density at radius 1 is 1.28 bits per heavy atom. The van der Waals surface area contributed by atoms with Gasteiger partial charge in [-0.2, -0.15) is 5.10 Å². The number of carbonyl (C=O) groups is 1. The van der Waals surface area contributed by atoms with Crippen LogP contribution in [0.2, 0.25) is 0 Å². The molecule has 0 bridgehead atoms. The third-order valence-corrected chi connectivity index (χ3v) is 4.61. The number of carbonyl (C=O) groups excluding carboxylic acids is 1. The van der Waals surface area contributed by atoms with Crippen LogP contribution in [-0.2, 0) is 11.8 Å². The van der Waals surface area contributed by atoms with Gasteiger partial charge < -0.3 is 10.1 Å². The Bertz CT molecular complexity index is 688. The molecule has 1 aromatic heterocycles. The molecule has 7 heteroatoms. The Morgan fingerprint density at radius 3 is 2.76 bits per heavy atom. The average molecular weight is 343 g/mol. The maximum Gasteiger partial charge on any atom is 0.320 e. The molecule has 1 saturated heterocycles. The molecule has 2 aromatic rings. The van der Waals surface area contributed by atoms with E-state index < -0.39 is 0 Å². The number of hydrogen-bond acceptors (Lipinski definition) is 4. The molecule has 0 radical (unpaired) electrons. The topological polar surface area (TPSA) is 71.4 Å². The Balaban J connectivity index is 1.67. The lowest BCUT2D eigenvalue weighted by molar-refractivity contribution is 0.159. The van der Waals surface area contributed by atoms with Crippen LogP contribution in [0.1, 0.15) is 11.5 Å². The van der Waals surface area contributed by atoms with E-state index in [0.29, 0.717) is 12.4 Å². The number of ether oxygens (including phenoxy) is 1. The minimum Gasteiger partial charge on any atom is -0.383 e. The molecule has 2 heterocycles. The lowest BCUT2D eigenvalue weighted by atomic mass is 9.94. The van der Waals surface area contributed by atoms with Gasteiger partial charge in [-0.1, -0.05) is 30.3 Å². The highest BCUT2D eigenvalue weighted by Crippen LogP contribution is 2.27. The molecule has 134 valence electrons. The van der Waals surface area contributed by atoms with Gasteiger partial charge in [0.25, 0.3) is 0 Å². The largest absolute Gasteiger partial charge is 0.383 e. The Labute approximate surface area is 148 Å².